The van der Waals surface area contributed by atoms with Crippen molar-refractivity contribution in [3.63, 3.8) is 0 Å². The van der Waals surface area contributed by atoms with Crippen LogP contribution in [0.15, 0.2) is 48.8 Å². The van der Waals surface area contributed by atoms with Gasteiger partial charge in [-0.25, -0.2) is 0 Å². The van der Waals surface area contributed by atoms with Gasteiger partial charge in [-0.15, -0.1) is 0 Å². The maximum atomic E-state index is 13.6. The van der Waals surface area contributed by atoms with E-state index in [1.54, 1.807) is 36.7 Å². The highest BCUT2D eigenvalue weighted by atomic mass is 19.4. The monoisotopic (exact) mass is 350 g/mol. The molecule has 0 saturated heterocycles. The van der Waals surface area contributed by atoms with Crippen molar-refractivity contribution < 1.29 is 18.0 Å². The molecule has 1 N–H and O–H groups in total. The summed E-state index contributed by atoms with van der Waals surface area (Å²) in [6, 6.07) is 7.04. The van der Waals surface area contributed by atoms with Crippen LogP contribution >= 0.6 is 0 Å². The number of pyridine rings is 1. The molecule has 6 heteroatoms. The average molecular weight is 350 g/mol. The molecule has 1 unspecified atom stereocenters. The lowest BCUT2D eigenvalue weighted by Gasteiger charge is -2.27. The topological polar surface area (TPSA) is 42.0 Å². The average Bonchev–Trinajstić information content (AvgIpc) is 2.58. The van der Waals surface area contributed by atoms with E-state index in [1.165, 1.54) is 19.1 Å². The Bertz CT molecular complexity index is 701. The fourth-order valence-electron chi connectivity index (χ4n) is 2.72. The molecule has 134 valence electrons. The highest BCUT2D eigenvalue weighted by Gasteiger charge is 2.42. The van der Waals surface area contributed by atoms with Crippen molar-refractivity contribution in [3.8, 4) is 11.1 Å². The van der Waals surface area contributed by atoms with Crippen molar-refractivity contribution >= 4 is 5.78 Å². The highest BCUT2D eigenvalue weighted by molar-refractivity contribution is 5.81. The van der Waals surface area contributed by atoms with E-state index in [9.17, 15) is 18.0 Å². The van der Waals surface area contributed by atoms with Crippen LogP contribution in [0.4, 0.5) is 13.2 Å². The lowest BCUT2D eigenvalue weighted by molar-refractivity contribution is -0.160. The second-order valence-corrected chi connectivity index (χ2v) is 5.95. The van der Waals surface area contributed by atoms with E-state index in [2.05, 4.69) is 10.3 Å². The minimum atomic E-state index is -4.50. The van der Waals surface area contributed by atoms with E-state index in [1.807, 2.05) is 6.92 Å². The van der Waals surface area contributed by atoms with Crippen LogP contribution in [0.2, 0.25) is 0 Å². The molecule has 2 rings (SSSR count). The number of ketones is 1. The summed E-state index contributed by atoms with van der Waals surface area (Å²) in [5.74, 6) is -0.290. The molecule has 0 fully saturated rings. The van der Waals surface area contributed by atoms with E-state index in [4.69, 9.17) is 0 Å². The van der Waals surface area contributed by atoms with Gasteiger partial charge in [0.1, 0.15) is 11.8 Å². The van der Waals surface area contributed by atoms with Gasteiger partial charge < -0.3 is 0 Å². The van der Waals surface area contributed by atoms with Crippen molar-refractivity contribution in [1.82, 2.24) is 10.3 Å². The first-order valence-corrected chi connectivity index (χ1v) is 8.16. The molecule has 2 atom stereocenters. The van der Waals surface area contributed by atoms with E-state index in [0.717, 1.165) is 5.56 Å². The summed E-state index contributed by atoms with van der Waals surface area (Å²) in [5, 5.41) is 2.50. The van der Waals surface area contributed by atoms with Crippen LogP contribution in [-0.2, 0) is 4.79 Å². The third-order valence-electron chi connectivity index (χ3n) is 4.00. The molecule has 0 spiro atoms. The molecule has 0 aliphatic rings. The van der Waals surface area contributed by atoms with Gasteiger partial charge in [-0.1, -0.05) is 31.5 Å². The predicted octanol–water partition coefficient (Wildman–Crippen LogP) is 4.70. The van der Waals surface area contributed by atoms with Crippen LogP contribution in [-0.4, -0.2) is 23.0 Å². The minimum absolute atomic E-state index is 0.0872. The largest absolute Gasteiger partial charge is 0.407 e. The molecule has 0 bridgehead atoms. The SMILES string of the molecule is CCCC(N[C@@H](c1cccc(-c2ccncc2)c1)C(F)(F)F)C(C)=O. The molecule has 3 nitrogen and oxygen atoms in total. The Hall–Kier alpha value is -2.21. The van der Waals surface area contributed by atoms with Crippen molar-refractivity contribution in [2.45, 2.75) is 44.9 Å². The summed E-state index contributed by atoms with van der Waals surface area (Å²) in [6.45, 7) is 3.15. The van der Waals surface area contributed by atoms with Gasteiger partial charge in [0, 0.05) is 12.4 Å². The standard InChI is InChI=1S/C19H21F3N2O/c1-3-5-17(13(2)25)24-18(19(20,21)22)16-7-4-6-15(12-16)14-8-10-23-11-9-14/h4,6-12,17-18,24H,3,5H2,1-2H3/t17?,18-/m0/s1. The summed E-state index contributed by atoms with van der Waals surface area (Å²) in [7, 11) is 0. The van der Waals surface area contributed by atoms with Gasteiger partial charge in [-0.3, -0.25) is 15.1 Å². The Kier molecular flexibility index (Phi) is 6.31. The van der Waals surface area contributed by atoms with Crippen LogP contribution in [0.3, 0.4) is 0 Å². The van der Waals surface area contributed by atoms with Crippen LogP contribution in [0.5, 0.6) is 0 Å². The fraction of sp³-hybridized carbons (Fsp3) is 0.368. The number of Topliss-reactive ketones (excluding diaryl/α,β-unsaturated/α-hetero) is 1. The van der Waals surface area contributed by atoms with Crippen molar-refractivity contribution in [3.05, 3.63) is 54.4 Å². The first-order chi connectivity index (χ1) is 11.8. The number of halogens is 3. The number of aromatic nitrogens is 1. The Morgan fingerprint density at radius 1 is 1.16 bits per heavy atom. The number of carbonyl (C=O) groups is 1. The molecule has 0 aliphatic carbocycles. The summed E-state index contributed by atoms with van der Waals surface area (Å²) >= 11 is 0. The molecular weight excluding hydrogens is 329 g/mol. The third kappa shape index (κ3) is 5.13. The van der Waals surface area contributed by atoms with Gasteiger partial charge >= 0.3 is 6.18 Å². The lowest BCUT2D eigenvalue weighted by Crippen LogP contribution is -2.44. The van der Waals surface area contributed by atoms with Gasteiger partial charge in [-0.2, -0.15) is 13.2 Å². The van der Waals surface area contributed by atoms with Gasteiger partial charge in [0.2, 0.25) is 0 Å². The first kappa shape index (κ1) is 19.1. The fourth-order valence-corrected chi connectivity index (χ4v) is 2.72. The summed E-state index contributed by atoms with van der Waals surface area (Å²) in [6.07, 6.45) is -0.327. The van der Waals surface area contributed by atoms with Crippen LogP contribution in [0.25, 0.3) is 11.1 Å². The summed E-state index contributed by atoms with van der Waals surface area (Å²) in [5.41, 5.74) is 1.55. The van der Waals surface area contributed by atoms with Crippen molar-refractivity contribution in [1.29, 1.82) is 0 Å². The number of carbonyl (C=O) groups excluding carboxylic acids is 1. The van der Waals surface area contributed by atoms with Crippen LogP contribution < -0.4 is 5.32 Å². The lowest BCUT2D eigenvalue weighted by atomic mass is 9.98. The van der Waals surface area contributed by atoms with E-state index < -0.39 is 18.3 Å². The molecular formula is C19H21F3N2O. The van der Waals surface area contributed by atoms with Gasteiger partial charge in [-0.05, 0) is 48.2 Å². The molecule has 0 saturated carbocycles. The Labute approximate surface area is 145 Å². The highest BCUT2D eigenvalue weighted by Crippen LogP contribution is 2.35. The molecule has 1 aromatic heterocycles. The van der Waals surface area contributed by atoms with Gasteiger partial charge in [0.05, 0.1) is 6.04 Å². The Balaban J connectivity index is 2.37. The maximum Gasteiger partial charge on any atom is 0.407 e. The number of nitrogens with one attached hydrogen (secondary N) is 1. The number of rotatable bonds is 7. The van der Waals surface area contributed by atoms with E-state index >= 15 is 0 Å². The summed E-state index contributed by atoms with van der Waals surface area (Å²) < 4.78 is 40.9. The van der Waals surface area contributed by atoms with Gasteiger partial charge in [0.15, 0.2) is 0 Å². The van der Waals surface area contributed by atoms with Crippen LogP contribution in [0.1, 0.15) is 38.3 Å². The van der Waals surface area contributed by atoms with E-state index in [-0.39, 0.29) is 11.3 Å². The quantitative estimate of drug-likeness (QED) is 0.787. The van der Waals surface area contributed by atoms with Crippen molar-refractivity contribution in [2.75, 3.05) is 0 Å². The molecule has 0 aliphatic heterocycles. The number of alkyl halides is 3. The molecule has 1 aromatic carbocycles. The van der Waals surface area contributed by atoms with Gasteiger partial charge in [0.25, 0.3) is 0 Å². The number of hydrogen-bond acceptors (Lipinski definition) is 3. The number of hydrogen-bond donors (Lipinski definition) is 1. The maximum absolute atomic E-state index is 13.6. The molecule has 0 amide bonds. The zero-order chi connectivity index (χ0) is 18.4. The smallest absolute Gasteiger partial charge is 0.298 e. The number of benzene rings is 1. The predicted molar refractivity (Wildman–Crippen MR) is 91.0 cm³/mol. The molecule has 25 heavy (non-hydrogen) atoms. The zero-order valence-corrected chi connectivity index (χ0v) is 14.2. The van der Waals surface area contributed by atoms with Crippen LogP contribution in [0, 0.1) is 0 Å². The normalized spacial score (nSPS) is 14.1. The Morgan fingerprint density at radius 2 is 1.84 bits per heavy atom. The second kappa shape index (κ2) is 8.25. The zero-order valence-electron chi connectivity index (χ0n) is 14.2. The molecule has 2 aromatic rings. The summed E-state index contributed by atoms with van der Waals surface area (Å²) in [4.78, 5) is 15.6. The number of nitrogens with zero attached hydrogens (tertiary/aromatic N) is 1. The first-order valence-electron chi connectivity index (χ1n) is 8.16. The Morgan fingerprint density at radius 3 is 2.40 bits per heavy atom. The third-order valence-corrected chi connectivity index (χ3v) is 4.00. The second-order valence-electron chi connectivity index (χ2n) is 5.95. The van der Waals surface area contributed by atoms with Crippen molar-refractivity contribution in [2.24, 2.45) is 0 Å². The molecule has 1 heterocycles. The van der Waals surface area contributed by atoms with E-state index in [0.29, 0.717) is 18.4 Å². The molecule has 0 radical (unpaired) electrons. The minimum Gasteiger partial charge on any atom is -0.298 e.